The van der Waals surface area contributed by atoms with Crippen LogP contribution < -0.4 is 5.43 Å². The zero-order chi connectivity index (χ0) is 24.0. The van der Waals surface area contributed by atoms with E-state index in [0.717, 1.165) is 45.7 Å². The number of nitrogens with one attached hydrogen (secondary N) is 1. The monoisotopic (exact) mass is 483 g/mol. The summed E-state index contributed by atoms with van der Waals surface area (Å²) in [6, 6.07) is 22.9. The first-order chi connectivity index (χ1) is 17.2. The van der Waals surface area contributed by atoms with Gasteiger partial charge in [0.25, 0.3) is 5.91 Å². The second-order valence-electron chi connectivity index (χ2n) is 8.98. The van der Waals surface area contributed by atoms with Crippen LogP contribution in [0.2, 0.25) is 0 Å². The summed E-state index contributed by atoms with van der Waals surface area (Å²) in [4.78, 5) is 12.6. The lowest BCUT2D eigenvalue weighted by Crippen LogP contribution is -2.20. The molecule has 4 aromatic rings. The largest absolute Gasteiger partial charge is 0.299 e. The average Bonchev–Trinajstić information content (AvgIpc) is 3.32. The Balaban J connectivity index is 1.28. The number of aromatic nitrogens is 3. The molecule has 1 saturated carbocycles. The maximum Gasteiger partial charge on any atom is 0.250 e. The highest BCUT2D eigenvalue weighted by Gasteiger charge is 2.24. The summed E-state index contributed by atoms with van der Waals surface area (Å²) in [5, 5.41) is 16.2. The van der Waals surface area contributed by atoms with E-state index in [4.69, 9.17) is 0 Å². The van der Waals surface area contributed by atoms with Gasteiger partial charge in [0.05, 0.1) is 12.0 Å². The predicted molar refractivity (Wildman–Crippen MR) is 143 cm³/mol. The van der Waals surface area contributed by atoms with Crippen molar-refractivity contribution in [3.8, 4) is 11.4 Å². The standard InChI is InChI=1S/C28H29N5OS/c1-20-14-16-22(17-15-20)27-31-32-28(33(27)24-11-3-2-4-12-24)35-19-26(34)30-29-18-23-10-7-9-21-8-5-6-13-25(21)23/h5-10,13-18,24H,2-4,11-12,19H2,1H3,(H,30,34). The fourth-order valence-corrected chi connectivity index (χ4v) is 5.44. The number of hydrogen-bond acceptors (Lipinski definition) is 5. The van der Waals surface area contributed by atoms with Crippen molar-refractivity contribution in [2.45, 2.75) is 50.2 Å². The Hall–Kier alpha value is -3.45. The summed E-state index contributed by atoms with van der Waals surface area (Å²) < 4.78 is 2.25. The zero-order valence-electron chi connectivity index (χ0n) is 19.9. The van der Waals surface area contributed by atoms with Crippen molar-refractivity contribution >= 4 is 34.7 Å². The van der Waals surface area contributed by atoms with Crippen LogP contribution in [-0.4, -0.2) is 32.6 Å². The van der Waals surface area contributed by atoms with Gasteiger partial charge in [-0.2, -0.15) is 5.10 Å². The minimum absolute atomic E-state index is 0.165. The number of rotatable bonds is 7. The predicted octanol–water partition coefficient (Wildman–Crippen LogP) is 6.15. The van der Waals surface area contributed by atoms with Crippen molar-refractivity contribution < 1.29 is 4.79 Å². The van der Waals surface area contributed by atoms with Gasteiger partial charge in [-0.1, -0.05) is 103 Å². The van der Waals surface area contributed by atoms with Crippen LogP contribution in [0, 0.1) is 6.92 Å². The second kappa shape index (κ2) is 10.9. The van der Waals surface area contributed by atoms with Gasteiger partial charge in [0.2, 0.25) is 0 Å². The van der Waals surface area contributed by atoms with Crippen LogP contribution in [0.4, 0.5) is 0 Å². The van der Waals surface area contributed by atoms with Gasteiger partial charge in [0.1, 0.15) is 0 Å². The number of nitrogens with zero attached hydrogens (tertiary/aromatic N) is 4. The Kier molecular flexibility index (Phi) is 7.23. The maximum absolute atomic E-state index is 12.6. The summed E-state index contributed by atoms with van der Waals surface area (Å²) in [7, 11) is 0. The minimum Gasteiger partial charge on any atom is -0.299 e. The molecule has 0 radical (unpaired) electrons. The molecule has 3 aromatic carbocycles. The third-order valence-corrected chi connectivity index (χ3v) is 7.41. The number of fused-ring (bicyclic) bond motifs is 1. The minimum atomic E-state index is -0.165. The Morgan fingerprint density at radius 1 is 1.03 bits per heavy atom. The first kappa shape index (κ1) is 23.3. The van der Waals surface area contributed by atoms with E-state index in [2.05, 4.69) is 74.7 Å². The molecule has 5 rings (SSSR count). The van der Waals surface area contributed by atoms with Crippen LogP contribution in [0.1, 0.15) is 49.3 Å². The van der Waals surface area contributed by atoms with Gasteiger partial charge < -0.3 is 0 Å². The number of hydrogen-bond donors (Lipinski definition) is 1. The lowest BCUT2D eigenvalue weighted by Gasteiger charge is -2.25. The Morgan fingerprint density at radius 2 is 1.80 bits per heavy atom. The summed E-state index contributed by atoms with van der Waals surface area (Å²) >= 11 is 1.42. The molecule has 0 saturated heterocycles. The van der Waals surface area contributed by atoms with Crippen molar-refractivity contribution in [1.82, 2.24) is 20.2 Å². The fourth-order valence-electron chi connectivity index (χ4n) is 4.64. The molecule has 0 bridgehead atoms. The van der Waals surface area contributed by atoms with Crippen LogP contribution in [0.3, 0.4) is 0 Å². The highest BCUT2D eigenvalue weighted by molar-refractivity contribution is 7.99. The molecule has 0 spiro atoms. The quantitative estimate of drug-likeness (QED) is 0.194. The van der Waals surface area contributed by atoms with E-state index in [0.29, 0.717) is 6.04 Å². The molecule has 6 nitrogen and oxygen atoms in total. The van der Waals surface area contributed by atoms with E-state index in [9.17, 15) is 4.79 Å². The molecular weight excluding hydrogens is 454 g/mol. The lowest BCUT2D eigenvalue weighted by molar-refractivity contribution is -0.118. The van der Waals surface area contributed by atoms with Gasteiger partial charge >= 0.3 is 0 Å². The van der Waals surface area contributed by atoms with Crippen LogP contribution in [-0.2, 0) is 4.79 Å². The molecule has 1 fully saturated rings. The Bertz CT molecular complexity index is 1330. The number of aryl methyl sites for hydroxylation is 1. The van der Waals surface area contributed by atoms with Crippen molar-refractivity contribution in [2.75, 3.05) is 5.75 Å². The second-order valence-corrected chi connectivity index (χ2v) is 9.93. The van der Waals surface area contributed by atoms with Gasteiger partial charge in [-0.15, -0.1) is 10.2 Å². The van der Waals surface area contributed by atoms with Crippen molar-refractivity contribution in [2.24, 2.45) is 5.10 Å². The number of thioether (sulfide) groups is 1. The third kappa shape index (κ3) is 5.46. The smallest absolute Gasteiger partial charge is 0.250 e. The van der Waals surface area contributed by atoms with Crippen molar-refractivity contribution in [3.05, 3.63) is 77.9 Å². The first-order valence-electron chi connectivity index (χ1n) is 12.1. The normalized spacial score (nSPS) is 14.5. The number of carbonyl (C=O) groups excluding carboxylic acids is 1. The van der Waals surface area contributed by atoms with Gasteiger partial charge in [-0.05, 0) is 30.5 Å². The molecule has 35 heavy (non-hydrogen) atoms. The molecule has 7 heteroatoms. The number of amides is 1. The lowest BCUT2D eigenvalue weighted by atomic mass is 9.95. The highest BCUT2D eigenvalue weighted by Crippen LogP contribution is 2.35. The highest BCUT2D eigenvalue weighted by atomic mass is 32.2. The molecular formula is C28H29N5OS. The van der Waals surface area contributed by atoms with E-state index in [-0.39, 0.29) is 11.7 Å². The van der Waals surface area contributed by atoms with E-state index >= 15 is 0 Å². The Morgan fingerprint density at radius 3 is 2.63 bits per heavy atom. The summed E-state index contributed by atoms with van der Waals surface area (Å²) in [5.41, 5.74) is 5.91. The molecule has 1 aliphatic rings. The molecule has 1 aromatic heterocycles. The number of benzene rings is 3. The molecule has 0 aliphatic heterocycles. The van der Waals surface area contributed by atoms with Crippen LogP contribution in [0.25, 0.3) is 22.2 Å². The molecule has 0 atom stereocenters. The fraction of sp³-hybridized carbons (Fsp3) is 0.286. The summed E-state index contributed by atoms with van der Waals surface area (Å²) in [5.74, 6) is 0.946. The van der Waals surface area contributed by atoms with Gasteiger partial charge in [-0.3, -0.25) is 9.36 Å². The van der Waals surface area contributed by atoms with Gasteiger partial charge in [0, 0.05) is 17.2 Å². The SMILES string of the molecule is Cc1ccc(-c2nnc(SCC(=O)NN=Cc3cccc4ccccc34)n2C2CCCCC2)cc1. The molecule has 178 valence electrons. The molecule has 1 amide bonds. The van der Waals surface area contributed by atoms with Crippen molar-refractivity contribution in [3.63, 3.8) is 0 Å². The molecule has 1 N–H and O–H groups in total. The number of hydrazone groups is 1. The summed E-state index contributed by atoms with van der Waals surface area (Å²) in [6.45, 7) is 2.08. The molecule has 0 unspecified atom stereocenters. The maximum atomic E-state index is 12.6. The van der Waals surface area contributed by atoms with E-state index in [1.165, 1.54) is 36.6 Å². The van der Waals surface area contributed by atoms with Gasteiger partial charge in [-0.25, -0.2) is 5.43 Å². The number of carbonyl (C=O) groups is 1. The van der Waals surface area contributed by atoms with Gasteiger partial charge in [0.15, 0.2) is 11.0 Å². The molecule has 1 aliphatic carbocycles. The van der Waals surface area contributed by atoms with Crippen LogP contribution in [0.15, 0.2) is 77.0 Å². The Labute approximate surface area is 209 Å². The van der Waals surface area contributed by atoms with Crippen molar-refractivity contribution in [1.29, 1.82) is 0 Å². The first-order valence-corrected chi connectivity index (χ1v) is 13.1. The average molecular weight is 484 g/mol. The summed E-state index contributed by atoms with van der Waals surface area (Å²) in [6.07, 6.45) is 7.63. The molecule has 1 heterocycles. The zero-order valence-corrected chi connectivity index (χ0v) is 20.7. The topological polar surface area (TPSA) is 72.2 Å². The third-order valence-electron chi connectivity index (χ3n) is 6.46. The van der Waals surface area contributed by atoms with E-state index in [1.54, 1.807) is 6.21 Å². The van der Waals surface area contributed by atoms with E-state index < -0.39 is 0 Å². The van der Waals surface area contributed by atoms with E-state index in [1.807, 2.05) is 24.3 Å². The van der Waals surface area contributed by atoms with Crippen LogP contribution in [0.5, 0.6) is 0 Å². The van der Waals surface area contributed by atoms with Crippen LogP contribution >= 0.6 is 11.8 Å².